The predicted octanol–water partition coefficient (Wildman–Crippen LogP) is 3.17. The van der Waals surface area contributed by atoms with Crippen molar-refractivity contribution in [1.29, 1.82) is 0 Å². The van der Waals surface area contributed by atoms with E-state index in [2.05, 4.69) is 5.32 Å². The van der Waals surface area contributed by atoms with Gasteiger partial charge in [-0.15, -0.1) is 0 Å². The number of benzene rings is 1. The van der Waals surface area contributed by atoms with Crippen LogP contribution in [0, 0.1) is 23.4 Å². The van der Waals surface area contributed by atoms with Crippen LogP contribution >= 0.6 is 0 Å². The van der Waals surface area contributed by atoms with Gasteiger partial charge >= 0.3 is 0 Å². The van der Waals surface area contributed by atoms with E-state index in [1.165, 1.54) is 0 Å². The summed E-state index contributed by atoms with van der Waals surface area (Å²) in [4.78, 5) is 0. The molecule has 1 nitrogen and oxygen atoms in total. The number of hydrogen-bond donors (Lipinski definition) is 1. The minimum Gasteiger partial charge on any atom is -0.385 e. The number of rotatable bonds is 3. The lowest BCUT2D eigenvalue weighted by Crippen LogP contribution is -2.08. The normalized spacial score (nSPS) is 10.7. The van der Waals surface area contributed by atoms with Crippen molar-refractivity contribution in [2.24, 2.45) is 5.92 Å². The maximum atomic E-state index is 12.7. The molecule has 0 aliphatic heterocycles. The summed E-state index contributed by atoms with van der Waals surface area (Å²) in [6, 6.07) is 1.89. The average Bonchev–Trinajstić information content (AvgIpc) is 2.10. The van der Waals surface area contributed by atoms with Gasteiger partial charge in [0.05, 0.1) is 0 Å². The van der Waals surface area contributed by atoms with Crippen molar-refractivity contribution in [3.05, 3.63) is 29.6 Å². The fraction of sp³-hybridized carbons (Fsp3) is 0.400. The van der Waals surface area contributed by atoms with Crippen LogP contribution in [0.4, 0.5) is 18.9 Å². The summed E-state index contributed by atoms with van der Waals surface area (Å²) >= 11 is 0. The van der Waals surface area contributed by atoms with Gasteiger partial charge in [-0.25, -0.2) is 13.2 Å². The van der Waals surface area contributed by atoms with E-state index in [4.69, 9.17) is 0 Å². The van der Waals surface area contributed by atoms with Crippen LogP contribution in [0.25, 0.3) is 0 Å². The van der Waals surface area contributed by atoms with Crippen molar-refractivity contribution in [2.75, 3.05) is 11.9 Å². The summed E-state index contributed by atoms with van der Waals surface area (Å²) in [5.74, 6) is -3.42. The van der Waals surface area contributed by atoms with E-state index in [1.54, 1.807) is 0 Å². The molecule has 78 valence electrons. The molecule has 0 aliphatic carbocycles. The van der Waals surface area contributed by atoms with Crippen molar-refractivity contribution < 1.29 is 13.2 Å². The Balaban J connectivity index is 2.79. The minimum atomic E-state index is -1.43. The van der Waals surface area contributed by atoms with Crippen LogP contribution < -0.4 is 5.32 Å². The summed E-state index contributed by atoms with van der Waals surface area (Å²) in [7, 11) is 0. The van der Waals surface area contributed by atoms with Crippen LogP contribution in [0.5, 0.6) is 0 Å². The zero-order valence-electron chi connectivity index (χ0n) is 8.07. The standard InChI is InChI=1S/C10H12F3N/c1-6(2)5-14-7-3-8(11)10(13)9(12)4-7/h3-4,6,14H,5H2,1-2H3. The van der Waals surface area contributed by atoms with Gasteiger partial charge in [0.25, 0.3) is 0 Å². The Labute approximate surface area is 80.9 Å². The average molecular weight is 203 g/mol. The predicted molar refractivity (Wildman–Crippen MR) is 49.6 cm³/mol. The summed E-state index contributed by atoms with van der Waals surface area (Å²) < 4.78 is 38.0. The smallest absolute Gasteiger partial charge is 0.194 e. The third-order valence-corrected chi connectivity index (χ3v) is 1.70. The van der Waals surface area contributed by atoms with Crippen LogP contribution in [0.3, 0.4) is 0 Å². The Bertz CT molecular complexity index is 300. The molecular weight excluding hydrogens is 191 g/mol. The summed E-state index contributed by atoms with van der Waals surface area (Å²) in [6.07, 6.45) is 0. The molecule has 0 heterocycles. The van der Waals surface area contributed by atoms with Crippen LogP contribution in [0.1, 0.15) is 13.8 Å². The van der Waals surface area contributed by atoms with Gasteiger partial charge in [0, 0.05) is 24.4 Å². The maximum Gasteiger partial charge on any atom is 0.194 e. The highest BCUT2D eigenvalue weighted by Crippen LogP contribution is 2.17. The van der Waals surface area contributed by atoms with Crippen molar-refractivity contribution in [3.63, 3.8) is 0 Å². The zero-order chi connectivity index (χ0) is 10.7. The molecule has 0 aliphatic rings. The van der Waals surface area contributed by atoms with Crippen LogP contribution in [-0.4, -0.2) is 6.54 Å². The lowest BCUT2D eigenvalue weighted by atomic mass is 10.2. The number of nitrogens with one attached hydrogen (secondary N) is 1. The second kappa shape index (κ2) is 4.35. The molecule has 0 spiro atoms. The topological polar surface area (TPSA) is 12.0 Å². The maximum absolute atomic E-state index is 12.7. The SMILES string of the molecule is CC(C)CNc1cc(F)c(F)c(F)c1. The van der Waals surface area contributed by atoms with Crippen LogP contribution in [0.2, 0.25) is 0 Å². The molecule has 1 rings (SSSR count). The van der Waals surface area contributed by atoms with Gasteiger partial charge in [0.15, 0.2) is 17.5 Å². The third-order valence-electron chi connectivity index (χ3n) is 1.70. The molecule has 1 aromatic rings. The Morgan fingerprint density at radius 3 is 2.07 bits per heavy atom. The van der Waals surface area contributed by atoms with Gasteiger partial charge < -0.3 is 5.32 Å². The Morgan fingerprint density at radius 1 is 1.14 bits per heavy atom. The highest BCUT2D eigenvalue weighted by atomic mass is 19.2. The highest BCUT2D eigenvalue weighted by Gasteiger charge is 2.10. The molecule has 0 saturated carbocycles. The molecule has 4 heteroatoms. The molecule has 0 atom stereocenters. The Hall–Kier alpha value is -1.19. The van der Waals surface area contributed by atoms with E-state index in [-0.39, 0.29) is 5.69 Å². The molecular formula is C10H12F3N. The first kappa shape index (κ1) is 10.9. The van der Waals surface area contributed by atoms with Gasteiger partial charge in [-0.3, -0.25) is 0 Å². The summed E-state index contributed by atoms with van der Waals surface area (Å²) in [5.41, 5.74) is 0.259. The lowest BCUT2D eigenvalue weighted by Gasteiger charge is -2.09. The minimum absolute atomic E-state index is 0.259. The van der Waals surface area contributed by atoms with E-state index in [0.717, 1.165) is 12.1 Å². The monoisotopic (exact) mass is 203 g/mol. The van der Waals surface area contributed by atoms with Crippen LogP contribution in [0.15, 0.2) is 12.1 Å². The molecule has 0 amide bonds. The fourth-order valence-electron chi connectivity index (χ4n) is 0.980. The van der Waals surface area contributed by atoms with Crippen LogP contribution in [-0.2, 0) is 0 Å². The van der Waals surface area contributed by atoms with E-state index in [0.29, 0.717) is 12.5 Å². The summed E-state index contributed by atoms with van der Waals surface area (Å²) in [6.45, 7) is 4.51. The fourth-order valence-corrected chi connectivity index (χ4v) is 0.980. The summed E-state index contributed by atoms with van der Waals surface area (Å²) in [5, 5.41) is 2.81. The Kier molecular flexibility index (Phi) is 3.38. The van der Waals surface area contributed by atoms with Gasteiger partial charge in [-0.05, 0) is 5.92 Å². The number of halogens is 3. The number of anilines is 1. The first-order valence-corrected chi connectivity index (χ1v) is 4.39. The largest absolute Gasteiger partial charge is 0.385 e. The highest BCUT2D eigenvalue weighted by molar-refractivity contribution is 5.44. The molecule has 1 aromatic carbocycles. The number of hydrogen-bond acceptors (Lipinski definition) is 1. The second-order valence-electron chi connectivity index (χ2n) is 3.53. The molecule has 0 radical (unpaired) electrons. The second-order valence-corrected chi connectivity index (χ2v) is 3.53. The molecule has 0 fully saturated rings. The van der Waals surface area contributed by atoms with Crippen molar-refractivity contribution >= 4 is 5.69 Å². The molecule has 14 heavy (non-hydrogen) atoms. The van der Waals surface area contributed by atoms with Gasteiger partial charge in [-0.1, -0.05) is 13.8 Å². The van der Waals surface area contributed by atoms with E-state index in [1.807, 2.05) is 13.8 Å². The quantitative estimate of drug-likeness (QED) is 0.744. The first-order valence-electron chi connectivity index (χ1n) is 4.39. The molecule has 0 bridgehead atoms. The van der Waals surface area contributed by atoms with Crippen molar-refractivity contribution in [1.82, 2.24) is 0 Å². The van der Waals surface area contributed by atoms with Gasteiger partial charge in [0.2, 0.25) is 0 Å². The molecule has 0 saturated heterocycles. The van der Waals surface area contributed by atoms with E-state index < -0.39 is 17.5 Å². The molecule has 0 aromatic heterocycles. The van der Waals surface area contributed by atoms with E-state index in [9.17, 15) is 13.2 Å². The van der Waals surface area contributed by atoms with Crippen molar-refractivity contribution in [2.45, 2.75) is 13.8 Å². The molecule has 1 N–H and O–H groups in total. The first-order chi connectivity index (χ1) is 6.50. The Morgan fingerprint density at radius 2 is 1.64 bits per heavy atom. The van der Waals surface area contributed by atoms with E-state index >= 15 is 0 Å². The zero-order valence-corrected chi connectivity index (χ0v) is 8.07. The van der Waals surface area contributed by atoms with Crippen molar-refractivity contribution in [3.8, 4) is 0 Å². The molecule has 0 unspecified atom stereocenters. The third kappa shape index (κ3) is 2.65. The van der Waals surface area contributed by atoms with Gasteiger partial charge in [-0.2, -0.15) is 0 Å². The lowest BCUT2D eigenvalue weighted by molar-refractivity contribution is 0.447. The van der Waals surface area contributed by atoms with Gasteiger partial charge in [0.1, 0.15) is 0 Å².